The molecule has 0 aliphatic rings. The summed E-state index contributed by atoms with van der Waals surface area (Å²) in [5, 5.41) is 3.15. The third-order valence-corrected chi connectivity index (χ3v) is 3.11. The summed E-state index contributed by atoms with van der Waals surface area (Å²) in [4.78, 5) is 0. The molecule has 0 radical (unpaired) electrons. The molecule has 0 amide bonds. The zero-order chi connectivity index (χ0) is 13.8. The van der Waals surface area contributed by atoms with Gasteiger partial charge in [-0.15, -0.1) is 0 Å². The average molecular weight is 257 g/mol. The summed E-state index contributed by atoms with van der Waals surface area (Å²) in [5.74, 6) is -1.09. The summed E-state index contributed by atoms with van der Waals surface area (Å²) in [7, 11) is 1.54. The van der Waals surface area contributed by atoms with Gasteiger partial charge in [0.1, 0.15) is 11.6 Å². The van der Waals surface area contributed by atoms with Gasteiger partial charge in [-0.1, -0.05) is 13.0 Å². The van der Waals surface area contributed by atoms with E-state index in [4.69, 9.17) is 4.74 Å². The molecule has 0 aliphatic carbocycles. The Balaban J connectivity index is 3.17. The first-order valence-corrected chi connectivity index (χ1v) is 6.16. The van der Waals surface area contributed by atoms with Crippen LogP contribution in [0.1, 0.15) is 38.8 Å². The number of rotatable bonds is 6. The highest BCUT2D eigenvalue weighted by atomic mass is 19.1. The fourth-order valence-electron chi connectivity index (χ4n) is 1.89. The highest BCUT2D eigenvalue weighted by molar-refractivity contribution is 5.25. The van der Waals surface area contributed by atoms with Gasteiger partial charge in [-0.05, 0) is 38.9 Å². The molecule has 0 heterocycles. The van der Waals surface area contributed by atoms with Crippen molar-refractivity contribution < 1.29 is 13.5 Å². The van der Waals surface area contributed by atoms with Gasteiger partial charge in [-0.25, -0.2) is 8.78 Å². The molecule has 1 atom stereocenters. The summed E-state index contributed by atoms with van der Waals surface area (Å²) in [6, 6.07) is 3.38. The lowest BCUT2D eigenvalue weighted by atomic mass is 9.90. The second-order valence-electron chi connectivity index (χ2n) is 4.83. The quantitative estimate of drug-likeness (QED) is 0.843. The topological polar surface area (TPSA) is 21.3 Å². The van der Waals surface area contributed by atoms with E-state index in [1.54, 1.807) is 7.11 Å². The number of benzene rings is 1. The monoisotopic (exact) mass is 257 g/mol. The van der Waals surface area contributed by atoms with E-state index in [0.29, 0.717) is 6.54 Å². The molecule has 1 N–H and O–H groups in total. The first-order valence-electron chi connectivity index (χ1n) is 6.16. The predicted octanol–water partition coefficient (Wildman–Crippen LogP) is 3.43. The van der Waals surface area contributed by atoms with Crippen LogP contribution in [0.25, 0.3) is 0 Å². The molecule has 0 spiro atoms. The second-order valence-corrected chi connectivity index (χ2v) is 4.83. The SMILES string of the molecule is CCCNC(c1c(F)cccc1F)C(C)(C)OC. The van der Waals surface area contributed by atoms with E-state index >= 15 is 0 Å². The molecule has 4 heteroatoms. The lowest BCUT2D eigenvalue weighted by Gasteiger charge is -2.34. The molecule has 102 valence electrons. The molecule has 2 nitrogen and oxygen atoms in total. The van der Waals surface area contributed by atoms with Gasteiger partial charge in [0.25, 0.3) is 0 Å². The number of nitrogens with one attached hydrogen (secondary N) is 1. The van der Waals surface area contributed by atoms with Gasteiger partial charge in [-0.3, -0.25) is 0 Å². The molecular weight excluding hydrogens is 236 g/mol. The fraction of sp³-hybridized carbons (Fsp3) is 0.571. The second kappa shape index (κ2) is 6.25. The highest BCUT2D eigenvalue weighted by Gasteiger charge is 2.34. The smallest absolute Gasteiger partial charge is 0.131 e. The van der Waals surface area contributed by atoms with E-state index in [9.17, 15) is 8.78 Å². The number of methoxy groups -OCH3 is 1. The van der Waals surface area contributed by atoms with E-state index in [-0.39, 0.29) is 5.56 Å². The van der Waals surface area contributed by atoms with Crippen LogP contribution in [0.3, 0.4) is 0 Å². The minimum Gasteiger partial charge on any atom is -0.377 e. The maximum atomic E-state index is 13.9. The lowest BCUT2D eigenvalue weighted by Crippen LogP contribution is -2.42. The van der Waals surface area contributed by atoms with Crippen molar-refractivity contribution in [1.82, 2.24) is 5.32 Å². The number of ether oxygens (including phenoxy) is 1. The molecule has 18 heavy (non-hydrogen) atoms. The van der Waals surface area contributed by atoms with Gasteiger partial charge >= 0.3 is 0 Å². The van der Waals surface area contributed by atoms with E-state index in [1.165, 1.54) is 18.2 Å². The van der Waals surface area contributed by atoms with Crippen LogP contribution in [-0.2, 0) is 4.74 Å². The van der Waals surface area contributed by atoms with Crippen molar-refractivity contribution in [2.24, 2.45) is 0 Å². The zero-order valence-corrected chi connectivity index (χ0v) is 11.4. The van der Waals surface area contributed by atoms with Crippen molar-refractivity contribution in [3.05, 3.63) is 35.4 Å². The van der Waals surface area contributed by atoms with E-state index in [2.05, 4.69) is 5.32 Å². The summed E-state index contributed by atoms with van der Waals surface area (Å²) < 4.78 is 33.1. The fourth-order valence-corrected chi connectivity index (χ4v) is 1.89. The molecule has 1 unspecified atom stereocenters. The Hall–Kier alpha value is -1.00. The van der Waals surface area contributed by atoms with Gasteiger partial charge in [-0.2, -0.15) is 0 Å². The van der Waals surface area contributed by atoms with Crippen LogP contribution in [0.15, 0.2) is 18.2 Å². The van der Waals surface area contributed by atoms with Crippen molar-refractivity contribution in [3.63, 3.8) is 0 Å². The molecule has 0 saturated carbocycles. The maximum absolute atomic E-state index is 13.9. The van der Waals surface area contributed by atoms with Crippen molar-refractivity contribution in [3.8, 4) is 0 Å². The van der Waals surface area contributed by atoms with Crippen molar-refractivity contribution >= 4 is 0 Å². The Morgan fingerprint density at radius 3 is 2.28 bits per heavy atom. The Morgan fingerprint density at radius 1 is 1.28 bits per heavy atom. The van der Waals surface area contributed by atoms with E-state index < -0.39 is 23.3 Å². The van der Waals surface area contributed by atoms with Gasteiger partial charge in [0, 0.05) is 12.7 Å². The Kier molecular flexibility index (Phi) is 5.23. The van der Waals surface area contributed by atoms with Gasteiger partial charge in [0.15, 0.2) is 0 Å². The van der Waals surface area contributed by atoms with Crippen LogP contribution in [0.5, 0.6) is 0 Å². The molecule has 1 aromatic carbocycles. The van der Waals surface area contributed by atoms with Crippen molar-refractivity contribution in [2.75, 3.05) is 13.7 Å². The summed E-state index contributed by atoms with van der Waals surface area (Å²) in [6.07, 6.45) is 0.881. The first-order chi connectivity index (χ1) is 8.44. The third kappa shape index (κ3) is 3.27. The normalized spacial score (nSPS) is 13.7. The van der Waals surface area contributed by atoms with Crippen LogP contribution in [0, 0.1) is 11.6 Å². The minimum atomic E-state index is -0.696. The Morgan fingerprint density at radius 2 is 1.83 bits per heavy atom. The molecular formula is C14H21F2NO. The van der Waals surface area contributed by atoms with Crippen LogP contribution in [-0.4, -0.2) is 19.3 Å². The lowest BCUT2D eigenvalue weighted by molar-refractivity contribution is -0.0130. The predicted molar refractivity (Wildman–Crippen MR) is 68.5 cm³/mol. The number of hydrogen-bond acceptors (Lipinski definition) is 2. The van der Waals surface area contributed by atoms with Crippen LogP contribution < -0.4 is 5.32 Å². The van der Waals surface area contributed by atoms with Gasteiger partial charge < -0.3 is 10.1 Å². The number of hydrogen-bond donors (Lipinski definition) is 1. The van der Waals surface area contributed by atoms with Crippen LogP contribution >= 0.6 is 0 Å². The molecule has 0 bridgehead atoms. The third-order valence-electron chi connectivity index (χ3n) is 3.11. The summed E-state index contributed by atoms with van der Waals surface area (Å²) in [6.45, 7) is 6.30. The molecule has 0 fully saturated rings. The standard InChI is InChI=1S/C14H21F2NO/c1-5-9-17-13(14(2,3)18-4)12-10(15)7-6-8-11(12)16/h6-8,13,17H,5,9H2,1-4H3. The Bertz CT molecular complexity index is 373. The average Bonchev–Trinajstić information content (AvgIpc) is 2.32. The van der Waals surface area contributed by atoms with Crippen LogP contribution in [0.4, 0.5) is 8.78 Å². The van der Waals surface area contributed by atoms with Crippen molar-refractivity contribution in [1.29, 1.82) is 0 Å². The zero-order valence-electron chi connectivity index (χ0n) is 11.4. The molecule has 1 aromatic rings. The summed E-state index contributed by atoms with van der Waals surface area (Å²) >= 11 is 0. The largest absolute Gasteiger partial charge is 0.377 e. The van der Waals surface area contributed by atoms with Crippen molar-refractivity contribution in [2.45, 2.75) is 38.8 Å². The van der Waals surface area contributed by atoms with Gasteiger partial charge in [0.05, 0.1) is 11.6 Å². The maximum Gasteiger partial charge on any atom is 0.131 e. The summed E-state index contributed by atoms with van der Waals surface area (Å²) in [5.41, 5.74) is -0.657. The van der Waals surface area contributed by atoms with E-state index in [0.717, 1.165) is 6.42 Å². The molecule has 0 saturated heterocycles. The highest BCUT2D eigenvalue weighted by Crippen LogP contribution is 2.31. The van der Waals surface area contributed by atoms with E-state index in [1.807, 2.05) is 20.8 Å². The number of halogens is 2. The molecule has 0 aromatic heterocycles. The minimum absolute atomic E-state index is 0.0396. The molecule has 0 aliphatic heterocycles. The first kappa shape index (κ1) is 15.1. The Labute approximate surface area is 107 Å². The van der Waals surface area contributed by atoms with Crippen LogP contribution in [0.2, 0.25) is 0 Å². The van der Waals surface area contributed by atoms with Gasteiger partial charge in [0.2, 0.25) is 0 Å². The molecule has 1 rings (SSSR count).